The topological polar surface area (TPSA) is 105 Å². The third-order valence-corrected chi connectivity index (χ3v) is 9.80. The normalized spacial score (nSPS) is 12.4. The fourth-order valence-corrected chi connectivity index (χ4v) is 6.37. The first-order valence-corrected chi connectivity index (χ1v) is 22.5. The van der Waals surface area contributed by atoms with Gasteiger partial charge in [0.1, 0.15) is 6.04 Å². The molecule has 0 spiro atoms. The molecule has 1 aromatic rings. The van der Waals surface area contributed by atoms with Crippen LogP contribution in [0.5, 0.6) is 0 Å². The van der Waals surface area contributed by atoms with Crippen molar-refractivity contribution in [1.82, 2.24) is 25.5 Å². The molecule has 0 saturated heterocycles. The quantitative estimate of drug-likeness (QED) is 0.0461. The molecule has 0 saturated carbocycles. The van der Waals surface area contributed by atoms with Gasteiger partial charge in [-0.25, -0.2) is 4.98 Å². The zero-order valence-electron chi connectivity index (χ0n) is 35.3. The van der Waals surface area contributed by atoms with Crippen molar-refractivity contribution in [2.75, 3.05) is 13.1 Å². The molecule has 0 bridgehead atoms. The summed E-state index contributed by atoms with van der Waals surface area (Å²) in [7, 11) is 0. The summed E-state index contributed by atoms with van der Waals surface area (Å²) in [6, 6.07) is -0.600. The number of carbonyl (C=O) groups is 3. The number of aromatic nitrogens is 2. The Morgan fingerprint density at radius 2 is 1.05 bits per heavy atom. The van der Waals surface area contributed by atoms with Crippen molar-refractivity contribution in [3.63, 3.8) is 0 Å². The number of aryl methyl sites for hydroxylation is 1. The molecule has 3 amide bonds. The van der Waals surface area contributed by atoms with E-state index in [2.05, 4.69) is 83.4 Å². The lowest BCUT2D eigenvalue weighted by Gasteiger charge is -2.19. The van der Waals surface area contributed by atoms with Gasteiger partial charge in [-0.2, -0.15) is 0 Å². The summed E-state index contributed by atoms with van der Waals surface area (Å²) in [5.41, 5.74) is 0. The SMILES string of the molecule is CCCCC/C=C\C/C=C\CCCCCCCC(=O)NCCCC(NC(=O)CCCCCCC/C=C\C/C=C\CCCCC)C(=O)NCCCn1ccnc1. The molecule has 0 aliphatic carbocycles. The van der Waals surface area contributed by atoms with Crippen LogP contribution in [0.2, 0.25) is 0 Å². The highest BCUT2D eigenvalue weighted by molar-refractivity contribution is 5.87. The third kappa shape index (κ3) is 33.6. The highest BCUT2D eigenvalue weighted by Gasteiger charge is 2.20. The average molecular weight is 764 g/mol. The number of unbranched alkanes of at least 4 members (excludes halogenated alkanes) is 16. The summed E-state index contributed by atoms with van der Waals surface area (Å²) in [5, 5.41) is 9.01. The van der Waals surface area contributed by atoms with Crippen LogP contribution >= 0.6 is 0 Å². The molecule has 1 heterocycles. The van der Waals surface area contributed by atoms with Crippen molar-refractivity contribution in [1.29, 1.82) is 0 Å². The van der Waals surface area contributed by atoms with E-state index in [1.807, 2.05) is 10.8 Å². The van der Waals surface area contributed by atoms with E-state index in [1.165, 1.54) is 77.0 Å². The van der Waals surface area contributed by atoms with Crippen LogP contribution in [-0.4, -0.2) is 46.4 Å². The van der Waals surface area contributed by atoms with E-state index in [0.29, 0.717) is 38.8 Å². The number of amides is 3. The van der Waals surface area contributed by atoms with Gasteiger partial charge in [0.25, 0.3) is 0 Å². The van der Waals surface area contributed by atoms with Gasteiger partial charge in [-0.3, -0.25) is 14.4 Å². The van der Waals surface area contributed by atoms with E-state index in [4.69, 9.17) is 0 Å². The Morgan fingerprint density at radius 1 is 0.564 bits per heavy atom. The molecule has 0 aliphatic heterocycles. The number of allylic oxidation sites excluding steroid dienone is 8. The number of hydrogen-bond donors (Lipinski definition) is 3. The maximum Gasteiger partial charge on any atom is 0.242 e. The van der Waals surface area contributed by atoms with Crippen molar-refractivity contribution in [3.05, 3.63) is 67.3 Å². The van der Waals surface area contributed by atoms with E-state index in [9.17, 15) is 14.4 Å². The zero-order chi connectivity index (χ0) is 39.7. The van der Waals surface area contributed by atoms with Gasteiger partial charge in [0, 0.05) is 44.9 Å². The second-order valence-electron chi connectivity index (χ2n) is 15.0. The molecule has 0 aromatic carbocycles. The lowest BCUT2D eigenvalue weighted by atomic mass is 10.1. The molecule has 8 heteroatoms. The fourth-order valence-electron chi connectivity index (χ4n) is 6.37. The Labute approximate surface area is 337 Å². The van der Waals surface area contributed by atoms with Crippen LogP contribution in [-0.2, 0) is 20.9 Å². The summed E-state index contributed by atoms with van der Waals surface area (Å²) in [4.78, 5) is 42.4. The molecule has 0 fully saturated rings. The molecular formula is C47H81N5O3. The first-order chi connectivity index (χ1) is 27.1. The number of imidazole rings is 1. The number of nitrogens with zero attached hydrogens (tertiary/aromatic N) is 2. The van der Waals surface area contributed by atoms with Crippen LogP contribution in [0, 0.1) is 0 Å². The highest BCUT2D eigenvalue weighted by Crippen LogP contribution is 2.10. The molecule has 8 nitrogen and oxygen atoms in total. The van der Waals surface area contributed by atoms with E-state index in [1.54, 1.807) is 12.5 Å². The lowest BCUT2D eigenvalue weighted by molar-refractivity contribution is -0.129. The fraction of sp³-hybridized carbons (Fsp3) is 0.702. The van der Waals surface area contributed by atoms with Crippen LogP contribution in [0.3, 0.4) is 0 Å². The summed E-state index contributed by atoms with van der Waals surface area (Å²) in [6.07, 6.45) is 51.9. The van der Waals surface area contributed by atoms with Crippen molar-refractivity contribution < 1.29 is 14.4 Å². The number of hydrogen-bond acceptors (Lipinski definition) is 4. The molecule has 55 heavy (non-hydrogen) atoms. The van der Waals surface area contributed by atoms with Gasteiger partial charge in [-0.1, -0.05) is 127 Å². The molecule has 3 N–H and O–H groups in total. The Balaban J connectivity index is 2.23. The molecule has 1 atom stereocenters. The van der Waals surface area contributed by atoms with Crippen molar-refractivity contribution in [3.8, 4) is 0 Å². The van der Waals surface area contributed by atoms with Crippen molar-refractivity contribution >= 4 is 17.7 Å². The number of rotatable bonds is 38. The zero-order valence-corrected chi connectivity index (χ0v) is 35.3. The van der Waals surface area contributed by atoms with Crippen LogP contribution in [0.25, 0.3) is 0 Å². The Morgan fingerprint density at radius 3 is 1.58 bits per heavy atom. The van der Waals surface area contributed by atoms with Gasteiger partial charge in [0.15, 0.2) is 0 Å². The van der Waals surface area contributed by atoms with Gasteiger partial charge in [-0.05, 0) is 96.3 Å². The first kappa shape index (κ1) is 49.6. The number of nitrogens with one attached hydrogen (secondary N) is 3. The minimum atomic E-state index is -0.600. The van der Waals surface area contributed by atoms with Gasteiger partial charge >= 0.3 is 0 Å². The minimum Gasteiger partial charge on any atom is -0.356 e. The van der Waals surface area contributed by atoms with Crippen molar-refractivity contribution in [2.24, 2.45) is 0 Å². The summed E-state index contributed by atoms with van der Waals surface area (Å²) < 4.78 is 1.98. The summed E-state index contributed by atoms with van der Waals surface area (Å²) in [6.45, 7) is 6.28. The molecule has 0 aliphatic rings. The monoisotopic (exact) mass is 764 g/mol. The largest absolute Gasteiger partial charge is 0.356 e. The maximum atomic E-state index is 13.1. The summed E-state index contributed by atoms with van der Waals surface area (Å²) in [5.74, 6) is -0.165. The predicted octanol–water partition coefficient (Wildman–Crippen LogP) is 11.4. The molecule has 1 rings (SSSR count). The molecule has 1 unspecified atom stereocenters. The van der Waals surface area contributed by atoms with Crippen LogP contribution in [0.15, 0.2) is 67.3 Å². The second kappa shape index (κ2) is 38.8. The van der Waals surface area contributed by atoms with Crippen LogP contribution < -0.4 is 16.0 Å². The number of carbonyl (C=O) groups excluding carboxylic acids is 3. The Hall–Kier alpha value is -3.42. The molecule has 1 aromatic heterocycles. The smallest absolute Gasteiger partial charge is 0.242 e. The molecule has 312 valence electrons. The van der Waals surface area contributed by atoms with E-state index < -0.39 is 6.04 Å². The minimum absolute atomic E-state index is 0.0663. The van der Waals surface area contributed by atoms with Gasteiger partial charge < -0.3 is 20.5 Å². The second-order valence-corrected chi connectivity index (χ2v) is 15.0. The van der Waals surface area contributed by atoms with E-state index >= 15 is 0 Å². The standard InChI is InChI=1S/C47H81N5O3/c1-3-5-7-9-11-13-15-17-19-21-23-25-27-29-31-36-45(53)49-38-33-35-44(47(55)50-39-34-41-52-42-40-48-43-52)51-46(54)37-32-30-28-26-24-22-20-18-16-14-12-10-8-6-4-2/h11-14,17-20,40,42-44H,3-10,15-16,21-39,41H2,1-2H3,(H,49,53)(H,50,55)(H,51,54)/b13-11-,14-12-,19-17-,20-18-. The Bertz CT molecular complexity index is 1160. The predicted molar refractivity (Wildman–Crippen MR) is 233 cm³/mol. The van der Waals surface area contributed by atoms with Crippen LogP contribution in [0.1, 0.15) is 187 Å². The van der Waals surface area contributed by atoms with Crippen LogP contribution in [0.4, 0.5) is 0 Å². The average Bonchev–Trinajstić information content (AvgIpc) is 3.71. The van der Waals surface area contributed by atoms with Gasteiger partial charge in [0.05, 0.1) is 6.33 Å². The molecule has 0 radical (unpaired) electrons. The van der Waals surface area contributed by atoms with E-state index in [-0.39, 0.29) is 17.7 Å². The van der Waals surface area contributed by atoms with E-state index in [0.717, 1.165) is 77.2 Å². The third-order valence-electron chi connectivity index (χ3n) is 9.80. The maximum absolute atomic E-state index is 13.1. The summed E-state index contributed by atoms with van der Waals surface area (Å²) >= 11 is 0. The van der Waals surface area contributed by atoms with Crippen molar-refractivity contribution in [2.45, 2.75) is 200 Å². The lowest BCUT2D eigenvalue weighted by Crippen LogP contribution is -2.47. The first-order valence-electron chi connectivity index (χ1n) is 22.5. The molecular weight excluding hydrogens is 683 g/mol. The highest BCUT2D eigenvalue weighted by atomic mass is 16.2. The van der Waals surface area contributed by atoms with Gasteiger partial charge in [-0.15, -0.1) is 0 Å². The van der Waals surface area contributed by atoms with Gasteiger partial charge in [0.2, 0.25) is 17.7 Å². The Kier molecular flexibility index (Phi) is 35.0.